The van der Waals surface area contributed by atoms with Crippen molar-refractivity contribution in [2.75, 3.05) is 13.2 Å². The number of aliphatic hydroxyl groups excluding tert-OH is 2. The number of hydrogen-bond acceptors (Lipinski definition) is 3. The molecule has 1 aromatic rings. The van der Waals surface area contributed by atoms with Crippen LogP contribution >= 0.6 is 11.6 Å². The molecule has 0 aromatic heterocycles. The summed E-state index contributed by atoms with van der Waals surface area (Å²) in [6, 6.07) is 3.61. The van der Waals surface area contributed by atoms with Crippen LogP contribution in [0.15, 0.2) is 18.2 Å². The highest BCUT2D eigenvalue weighted by Crippen LogP contribution is 2.16. The zero-order chi connectivity index (χ0) is 13.1. The minimum atomic E-state index is -1.15. The summed E-state index contributed by atoms with van der Waals surface area (Å²) in [6.07, 6.45) is 0. The topological polar surface area (TPSA) is 69.6 Å². The third-order valence-corrected chi connectivity index (χ3v) is 2.60. The van der Waals surface area contributed by atoms with Crippen molar-refractivity contribution in [1.29, 1.82) is 0 Å². The van der Waals surface area contributed by atoms with Gasteiger partial charge in [-0.25, -0.2) is 4.39 Å². The lowest BCUT2D eigenvalue weighted by Gasteiger charge is -2.26. The van der Waals surface area contributed by atoms with Crippen molar-refractivity contribution in [3.63, 3.8) is 0 Å². The Morgan fingerprint density at radius 2 is 2.06 bits per heavy atom. The molecule has 0 heterocycles. The van der Waals surface area contributed by atoms with Gasteiger partial charge in [-0.15, -0.1) is 0 Å². The Morgan fingerprint density at radius 3 is 2.53 bits per heavy atom. The second kappa shape index (κ2) is 5.44. The Bertz CT molecular complexity index is 421. The van der Waals surface area contributed by atoms with Crippen molar-refractivity contribution in [1.82, 2.24) is 5.32 Å². The van der Waals surface area contributed by atoms with E-state index in [-0.39, 0.29) is 10.6 Å². The van der Waals surface area contributed by atoms with E-state index in [0.29, 0.717) is 0 Å². The first-order chi connectivity index (χ1) is 7.91. The highest BCUT2D eigenvalue weighted by molar-refractivity contribution is 6.30. The third-order valence-electron chi connectivity index (χ3n) is 2.30. The second-order valence-electron chi connectivity index (χ2n) is 3.96. The predicted molar refractivity (Wildman–Crippen MR) is 61.5 cm³/mol. The molecule has 0 aliphatic rings. The zero-order valence-corrected chi connectivity index (χ0v) is 9.96. The summed E-state index contributed by atoms with van der Waals surface area (Å²) in [6.45, 7) is 0.619. The van der Waals surface area contributed by atoms with Gasteiger partial charge in [-0.3, -0.25) is 4.79 Å². The Kier molecular flexibility index (Phi) is 4.45. The van der Waals surface area contributed by atoms with Gasteiger partial charge in [0.05, 0.1) is 23.8 Å². The summed E-state index contributed by atoms with van der Waals surface area (Å²) in [4.78, 5) is 11.7. The molecule has 0 bridgehead atoms. The van der Waals surface area contributed by atoms with E-state index in [1.165, 1.54) is 19.1 Å². The van der Waals surface area contributed by atoms with E-state index in [1.54, 1.807) is 0 Å². The number of rotatable bonds is 4. The maximum Gasteiger partial charge on any atom is 0.251 e. The van der Waals surface area contributed by atoms with Crippen molar-refractivity contribution in [2.45, 2.75) is 12.5 Å². The Labute approximate surface area is 103 Å². The van der Waals surface area contributed by atoms with Gasteiger partial charge < -0.3 is 15.5 Å². The first-order valence-electron chi connectivity index (χ1n) is 4.91. The molecule has 17 heavy (non-hydrogen) atoms. The van der Waals surface area contributed by atoms with Crippen LogP contribution in [0.2, 0.25) is 5.02 Å². The van der Waals surface area contributed by atoms with Crippen LogP contribution in [-0.2, 0) is 0 Å². The summed E-state index contributed by atoms with van der Waals surface area (Å²) in [5, 5.41) is 20.4. The average Bonchev–Trinajstić information content (AvgIpc) is 2.32. The van der Waals surface area contributed by atoms with E-state index < -0.39 is 30.5 Å². The molecule has 0 aliphatic carbocycles. The molecule has 0 spiro atoms. The van der Waals surface area contributed by atoms with Gasteiger partial charge in [0.25, 0.3) is 5.91 Å². The van der Waals surface area contributed by atoms with Crippen LogP contribution in [0, 0.1) is 5.82 Å². The van der Waals surface area contributed by atoms with Gasteiger partial charge >= 0.3 is 0 Å². The van der Waals surface area contributed by atoms with Crippen molar-refractivity contribution in [3.8, 4) is 0 Å². The highest BCUT2D eigenvalue weighted by Gasteiger charge is 2.25. The summed E-state index contributed by atoms with van der Waals surface area (Å²) in [7, 11) is 0. The van der Waals surface area contributed by atoms with E-state index in [1.807, 2.05) is 0 Å². The fourth-order valence-electron chi connectivity index (χ4n) is 1.11. The van der Waals surface area contributed by atoms with Crippen LogP contribution in [-0.4, -0.2) is 34.9 Å². The van der Waals surface area contributed by atoms with Crippen molar-refractivity contribution < 1.29 is 19.4 Å². The number of nitrogens with one attached hydrogen (secondary N) is 1. The third kappa shape index (κ3) is 3.39. The normalized spacial score (nSPS) is 11.4. The molecule has 0 saturated carbocycles. The maximum atomic E-state index is 13.1. The fourth-order valence-corrected chi connectivity index (χ4v) is 1.23. The molecule has 6 heteroatoms. The van der Waals surface area contributed by atoms with Crippen LogP contribution in [0.4, 0.5) is 4.39 Å². The Balaban J connectivity index is 2.86. The van der Waals surface area contributed by atoms with Gasteiger partial charge in [0.1, 0.15) is 5.82 Å². The Hall–Kier alpha value is -1.17. The minimum Gasteiger partial charge on any atom is -0.394 e. The fraction of sp³-hybridized carbons (Fsp3) is 0.364. The molecule has 0 saturated heterocycles. The lowest BCUT2D eigenvalue weighted by molar-refractivity contribution is 0.0723. The molecule has 3 N–H and O–H groups in total. The van der Waals surface area contributed by atoms with Crippen molar-refractivity contribution >= 4 is 17.5 Å². The Morgan fingerprint density at radius 1 is 1.47 bits per heavy atom. The minimum absolute atomic E-state index is 0.0695. The van der Waals surface area contributed by atoms with Gasteiger partial charge in [-0.2, -0.15) is 0 Å². The number of aliphatic hydroxyl groups is 2. The van der Waals surface area contributed by atoms with E-state index in [9.17, 15) is 9.18 Å². The average molecular weight is 262 g/mol. The molecule has 94 valence electrons. The van der Waals surface area contributed by atoms with Crippen molar-refractivity contribution in [2.24, 2.45) is 0 Å². The maximum absolute atomic E-state index is 13.1. The van der Waals surface area contributed by atoms with Gasteiger partial charge in [-0.05, 0) is 25.1 Å². The molecule has 0 unspecified atom stereocenters. The molecule has 1 rings (SSSR count). The van der Waals surface area contributed by atoms with Crippen LogP contribution in [0.5, 0.6) is 0 Å². The molecule has 4 nitrogen and oxygen atoms in total. The summed E-state index contributed by atoms with van der Waals surface area (Å²) in [5.74, 6) is -1.29. The van der Waals surface area contributed by atoms with Gasteiger partial charge in [0, 0.05) is 5.56 Å². The van der Waals surface area contributed by atoms with E-state index in [2.05, 4.69) is 5.32 Å². The van der Waals surface area contributed by atoms with Crippen LogP contribution in [0.25, 0.3) is 0 Å². The van der Waals surface area contributed by atoms with Crippen LogP contribution < -0.4 is 5.32 Å². The summed E-state index contributed by atoms with van der Waals surface area (Å²) < 4.78 is 13.1. The first kappa shape index (κ1) is 13.9. The lowest BCUT2D eigenvalue weighted by atomic mass is 10.0. The number of amides is 1. The molecule has 0 fully saturated rings. The number of halogens is 2. The quantitative estimate of drug-likeness (QED) is 0.756. The molecule has 0 atom stereocenters. The van der Waals surface area contributed by atoms with Crippen molar-refractivity contribution in [3.05, 3.63) is 34.6 Å². The number of benzene rings is 1. The molecule has 0 radical (unpaired) electrons. The molecule has 1 aromatic carbocycles. The van der Waals surface area contributed by atoms with Gasteiger partial charge in [-0.1, -0.05) is 11.6 Å². The lowest BCUT2D eigenvalue weighted by Crippen LogP contribution is -2.51. The number of carbonyl (C=O) groups excluding carboxylic acids is 1. The second-order valence-corrected chi connectivity index (χ2v) is 4.37. The highest BCUT2D eigenvalue weighted by atomic mass is 35.5. The summed E-state index contributed by atoms with van der Waals surface area (Å²) in [5.41, 5.74) is -1.08. The molecule has 0 aliphatic heterocycles. The molecular weight excluding hydrogens is 249 g/mol. The molecule has 1 amide bonds. The van der Waals surface area contributed by atoms with Crippen LogP contribution in [0.3, 0.4) is 0 Å². The monoisotopic (exact) mass is 261 g/mol. The first-order valence-corrected chi connectivity index (χ1v) is 5.29. The predicted octanol–water partition coefficient (Wildman–Crippen LogP) is 0.952. The SMILES string of the molecule is CC(CO)(CO)NC(=O)c1ccc(Cl)c(F)c1. The standard InChI is InChI=1S/C11H13ClFNO3/c1-11(5-15,6-16)14-10(17)7-2-3-8(12)9(13)4-7/h2-4,15-16H,5-6H2,1H3,(H,14,17). The largest absolute Gasteiger partial charge is 0.394 e. The van der Waals surface area contributed by atoms with Gasteiger partial charge in [0.2, 0.25) is 0 Å². The van der Waals surface area contributed by atoms with Crippen LogP contribution in [0.1, 0.15) is 17.3 Å². The number of carbonyl (C=O) groups is 1. The smallest absolute Gasteiger partial charge is 0.251 e. The zero-order valence-electron chi connectivity index (χ0n) is 9.20. The number of hydrogen-bond donors (Lipinski definition) is 3. The van der Waals surface area contributed by atoms with E-state index in [0.717, 1.165) is 6.07 Å². The van der Waals surface area contributed by atoms with E-state index in [4.69, 9.17) is 21.8 Å². The van der Waals surface area contributed by atoms with E-state index >= 15 is 0 Å². The summed E-state index contributed by atoms with van der Waals surface area (Å²) >= 11 is 5.49. The van der Waals surface area contributed by atoms with Gasteiger partial charge in [0.15, 0.2) is 0 Å². The molecular formula is C11H13ClFNO3.